The Labute approximate surface area is 94.4 Å². The smallest absolute Gasteiger partial charge is 0.327 e. The Bertz CT molecular complexity index is 373. The highest BCUT2D eigenvalue weighted by molar-refractivity contribution is 9.10. The van der Waals surface area contributed by atoms with Gasteiger partial charge in [0.1, 0.15) is 11.9 Å². The van der Waals surface area contributed by atoms with Gasteiger partial charge in [0.25, 0.3) is 0 Å². The average molecular weight is 277 g/mol. The minimum absolute atomic E-state index is 0.106. The molecule has 15 heavy (non-hydrogen) atoms. The molecule has 1 unspecified atom stereocenters. The predicted molar refractivity (Wildman–Crippen MR) is 58.2 cm³/mol. The maximum absolute atomic E-state index is 13.3. The molecule has 1 atom stereocenters. The Morgan fingerprint density at radius 3 is 2.80 bits per heavy atom. The number of hydrogen-bond acceptors (Lipinski definition) is 3. The second-order valence-electron chi connectivity index (χ2n) is 2.90. The number of carboxylic acids is 1. The molecular formula is C9H10BrFN2O2. The third kappa shape index (κ3) is 3.17. The van der Waals surface area contributed by atoms with Crippen LogP contribution >= 0.6 is 15.9 Å². The monoisotopic (exact) mass is 276 g/mol. The van der Waals surface area contributed by atoms with Gasteiger partial charge < -0.3 is 16.2 Å². The van der Waals surface area contributed by atoms with Crippen LogP contribution in [0.3, 0.4) is 0 Å². The van der Waals surface area contributed by atoms with Crippen LogP contribution in [0.25, 0.3) is 0 Å². The molecule has 4 N–H and O–H groups in total. The fourth-order valence-electron chi connectivity index (χ4n) is 1.02. The molecule has 0 saturated carbocycles. The van der Waals surface area contributed by atoms with Crippen LogP contribution in [0.15, 0.2) is 22.7 Å². The number of aliphatic carboxylic acids is 1. The zero-order chi connectivity index (χ0) is 11.4. The summed E-state index contributed by atoms with van der Waals surface area (Å²) in [6.45, 7) is -0.106. The van der Waals surface area contributed by atoms with Crippen molar-refractivity contribution in [2.45, 2.75) is 6.04 Å². The van der Waals surface area contributed by atoms with E-state index < -0.39 is 17.8 Å². The number of rotatable bonds is 4. The van der Waals surface area contributed by atoms with E-state index in [1.165, 1.54) is 12.1 Å². The van der Waals surface area contributed by atoms with E-state index in [0.29, 0.717) is 4.47 Å². The SMILES string of the molecule is NCC(Nc1ccc(Br)cc1F)C(=O)O. The fourth-order valence-corrected chi connectivity index (χ4v) is 1.35. The van der Waals surface area contributed by atoms with E-state index in [1.54, 1.807) is 6.07 Å². The molecule has 0 aliphatic heterocycles. The summed E-state index contributed by atoms with van der Waals surface area (Å²) in [5.74, 6) is -1.64. The summed E-state index contributed by atoms with van der Waals surface area (Å²) in [7, 11) is 0. The van der Waals surface area contributed by atoms with Crippen molar-refractivity contribution >= 4 is 27.6 Å². The third-order valence-electron chi connectivity index (χ3n) is 1.79. The first kappa shape index (κ1) is 11.9. The minimum Gasteiger partial charge on any atom is -0.480 e. The number of nitrogens with one attached hydrogen (secondary N) is 1. The standard InChI is InChI=1S/C9H10BrFN2O2/c10-5-1-2-7(6(11)3-5)13-8(4-12)9(14)15/h1-3,8,13H,4,12H2,(H,14,15). The normalized spacial score (nSPS) is 12.2. The van der Waals surface area contributed by atoms with E-state index >= 15 is 0 Å². The van der Waals surface area contributed by atoms with Gasteiger partial charge in [-0.15, -0.1) is 0 Å². The molecule has 0 radical (unpaired) electrons. The van der Waals surface area contributed by atoms with Gasteiger partial charge in [-0.1, -0.05) is 15.9 Å². The molecule has 1 aromatic rings. The molecular weight excluding hydrogens is 267 g/mol. The summed E-state index contributed by atoms with van der Waals surface area (Å²) in [4.78, 5) is 10.6. The molecule has 0 saturated heterocycles. The van der Waals surface area contributed by atoms with Gasteiger partial charge in [-0.3, -0.25) is 0 Å². The van der Waals surface area contributed by atoms with E-state index in [0.717, 1.165) is 0 Å². The lowest BCUT2D eigenvalue weighted by Gasteiger charge is -2.14. The molecule has 1 aromatic carbocycles. The number of benzene rings is 1. The van der Waals surface area contributed by atoms with Crippen molar-refractivity contribution < 1.29 is 14.3 Å². The van der Waals surface area contributed by atoms with Crippen molar-refractivity contribution in [3.8, 4) is 0 Å². The Morgan fingerprint density at radius 1 is 1.67 bits per heavy atom. The van der Waals surface area contributed by atoms with Crippen LogP contribution in [0, 0.1) is 5.82 Å². The Balaban J connectivity index is 2.84. The molecule has 1 rings (SSSR count). The zero-order valence-corrected chi connectivity index (χ0v) is 9.29. The van der Waals surface area contributed by atoms with Crippen LogP contribution in [-0.4, -0.2) is 23.7 Å². The van der Waals surface area contributed by atoms with E-state index in [-0.39, 0.29) is 12.2 Å². The number of carbonyl (C=O) groups is 1. The molecule has 0 heterocycles. The molecule has 82 valence electrons. The maximum Gasteiger partial charge on any atom is 0.327 e. The van der Waals surface area contributed by atoms with Crippen LogP contribution in [-0.2, 0) is 4.79 Å². The van der Waals surface area contributed by atoms with Crippen molar-refractivity contribution in [3.63, 3.8) is 0 Å². The number of anilines is 1. The number of nitrogens with two attached hydrogens (primary N) is 1. The summed E-state index contributed by atoms with van der Waals surface area (Å²) in [6, 6.07) is 3.32. The van der Waals surface area contributed by atoms with Gasteiger partial charge in [0.15, 0.2) is 0 Å². The van der Waals surface area contributed by atoms with Crippen molar-refractivity contribution in [1.29, 1.82) is 0 Å². The van der Waals surface area contributed by atoms with E-state index in [4.69, 9.17) is 10.8 Å². The maximum atomic E-state index is 13.3. The van der Waals surface area contributed by atoms with Crippen molar-refractivity contribution in [2.75, 3.05) is 11.9 Å². The predicted octanol–water partition coefficient (Wildman–Crippen LogP) is 1.41. The lowest BCUT2D eigenvalue weighted by atomic mass is 10.2. The molecule has 4 nitrogen and oxygen atoms in total. The molecule has 0 spiro atoms. The summed E-state index contributed by atoms with van der Waals surface area (Å²) in [5.41, 5.74) is 5.35. The highest BCUT2D eigenvalue weighted by Crippen LogP contribution is 2.19. The van der Waals surface area contributed by atoms with Gasteiger partial charge in [-0.25, -0.2) is 9.18 Å². The molecule has 0 aromatic heterocycles. The Morgan fingerprint density at radius 2 is 2.33 bits per heavy atom. The van der Waals surface area contributed by atoms with Crippen LogP contribution in [0.5, 0.6) is 0 Å². The van der Waals surface area contributed by atoms with Gasteiger partial charge >= 0.3 is 5.97 Å². The van der Waals surface area contributed by atoms with Crippen LogP contribution in [0.1, 0.15) is 0 Å². The Kier molecular flexibility index (Phi) is 4.05. The molecule has 0 amide bonds. The van der Waals surface area contributed by atoms with Crippen molar-refractivity contribution in [3.05, 3.63) is 28.5 Å². The topological polar surface area (TPSA) is 75.3 Å². The second kappa shape index (κ2) is 5.09. The molecule has 0 bridgehead atoms. The van der Waals surface area contributed by atoms with Crippen molar-refractivity contribution in [1.82, 2.24) is 0 Å². The number of hydrogen-bond donors (Lipinski definition) is 3. The van der Waals surface area contributed by atoms with Gasteiger partial charge in [0.2, 0.25) is 0 Å². The molecule has 0 aliphatic carbocycles. The second-order valence-corrected chi connectivity index (χ2v) is 3.81. The highest BCUT2D eigenvalue weighted by Gasteiger charge is 2.16. The number of carboxylic acid groups (broad SMARTS) is 1. The van der Waals surface area contributed by atoms with Crippen LogP contribution < -0.4 is 11.1 Å². The van der Waals surface area contributed by atoms with E-state index in [9.17, 15) is 9.18 Å². The molecule has 6 heteroatoms. The van der Waals surface area contributed by atoms with Gasteiger partial charge in [-0.05, 0) is 18.2 Å². The third-order valence-corrected chi connectivity index (χ3v) is 2.29. The molecule has 0 aliphatic rings. The quantitative estimate of drug-likeness (QED) is 0.777. The van der Waals surface area contributed by atoms with Gasteiger partial charge in [-0.2, -0.15) is 0 Å². The van der Waals surface area contributed by atoms with E-state index in [2.05, 4.69) is 21.2 Å². The summed E-state index contributed by atoms with van der Waals surface area (Å²) in [5, 5.41) is 11.2. The summed E-state index contributed by atoms with van der Waals surface area (Å²) in [6.07, 6.45) is 0. The minimum atomic E-state index is -1.11. The average Bonchev–Trinajstić information content (AvgIpc) is 2.16. The Hall–Kier alpha value is -1.14. The van der Waals surface area contributed by atoms with Gasteiger partial charge in [0.05, 0.1) is 5.69 Å². The zero-order valence-electron chi connectivity index (χ0n) is 7.71. The lowest BCUT2D eigenvalue weighted by Crippen LogP contribution is -2.36. The highest BCUT2D eigenvalue weighted by atomic mass is 79.9. The first-order valence-electron chi connectivity index (χ1n) is 4.19. The summed E-state index contributed by atoms with van der Waals surface area (Å²) >= 11 is 3.10. The molecule has 0 fully saturated rings. The summed E-state index contributed by atoms with van der Waals surface area (Å²) < 4.78 is 13.9. The number of halogens is 2. The van der Waals surface area contributed by atoms with Crippen molar-refractivity contribution in [2.24, 2.45) is 5.73 Å². The van der Waals surface area contributed by atoms with Crippen LogP contribution in [0.2, 0.25) is 0 Å². The lowest BCUT2D eigenvalue weighted by molar-refractivity contribution is -0.137. The first-order chi connectivity index (χ1) is 7.04. The fraction of sp³-hybridized carbons (Fsp3) is 0.222. The van der Waals surface area contributed by atoms with Crippen LogP contribution in [0.4, 0.5) is 10.1 Å². The largest absolute Gasteiger partial charge is 0.480 e. The first-order valence-corrected chi connectivity index (χ1v) is 4.98. The van der Waals surface area contributed by atoms with Gasteiger partial charge in [0, 0.05) is 11.0 Å². The van der Waals surface area contributed by atoms with E-state index in [1.807, 2.05) is 0 Å².